The number of hydrogen-bond donors (Lipinski definition) is 0. The predicted octanol–water partition coefficient (Wildman–Crippen LogP) is 2.26. The van der Waals surface area contributed by atoms with Crippen molar-refractivity contribution in [2.24, 2.45) is 0 Å². The molecule has 0 radical (unpaired) electrons. The summed E-state index contributed by atoms with van der Waals surface area (Å²) in [5.74, 6) is 0.866. The topological polar surface area (TPSA) is 31.4 Å². The van der Waals surface area contributed by atoms with E-state index >= 15 is 0 Å². The largest absolute Gasteiger partial charge is 0.491 e. The molecule has 78 valence electrons. The van der Waals surface area contributed by atoms with E-state index in [1.165, 1.54) is 0 Å². The van der Waals surface area contributed by atoms with Gasteiger partial charge in [-0.2, -0.15) is 0 Å². The number of benzene rings is 1. The smallest absolute Gasteiger partial charge is 0.120 e. The monoisotopic (exact) mass is 203 g/mol. The second kappa shape index (κ2) is 4.75. The Hall–Kier alpha value is -1.61. The van der Waals surface area contributed by atoms with Crippen molar-refractivity contribution in [2.45, 2.75) is 0 Å². The van der Waals surface area contributed by atoms with Gasteiger partial charge in [0.1, 0.15) is 12.4 Å². The van der Waals surface area contributed by atoms with E-state index in [1.54, 1.807) is 13.3 Å². The molecule has 0 saturated carbocycles. The van der Waals surface area contributed by atoms with Crippen LogP contribution in [-0.2, 0) is 4.74 Å². The molecule has 0 unspecified atom stereocenters. The average molecular weight is 203 g/mol. The van der Waals surface area contributed by atoms with E-state index in [1.807, 2.05) is 30.5 Å². The molecule has 3 heteroatoms. The number of rotatable bonds is 4. The number of pyridine rings is 1. The van der Waals surface area contributed by atoms with Gasteiger partial charge in [0.05, 0.1) is 6.61 Å². The van der Waals surface area contributed by atoms with Crippen molar-refractivity contribution in [3.8, 4) is 5.75 Å². The van der Waals surface area contributed by atoms with Crippen LogP contribution >= 0.6 is 0 Å². The van der Waals surface area contributed by atoms with E-state index in [0.717, 1.165) is 16.5 Å². The summed E-state index contributed by atoms with van der Waals surface area (Å²) in [5.41, 5.74) is 0. The quantitative estimate of drug-likeness (QED) is 0.714. The van der Waals surface area contributed by atoms with Crippen LogP contribution in [0.4, 0.5) is 0 Å². The minimum absolute atomic E-state index is 0.576. The normalized spacial score (nSPS) is 10.5. The van der Waals surface area contributed by atoms with Crippen LogP contribution in [0, 0.1) is 0 Å². The molecule has 0 aliphatic rings. The third-order valence-electron chi connectivity index (χ3n) is 2.17. The van der Waals surface area contributed by atoms with Gasteiger partial charge in [0.2, 0.25) is 0 Å². The van der Waals surface area contributed by atoms with Gasteiger partial charge in [0.15, 0.2) is 0 Å². The number of nitrogens with zero attached hydrogens (tertiary/aromatic N) is 1. The molecule has 15 heavy (non-hydrogen) atoms. The highest BCUT2D eigenvalue weighted by Gasteiger charge is 1.96. The molecule has 2 rings (SSSR count). The van der Waals surface area contributed by atoms with Crippen molar-refractivity contribution < 1.29 is 9.47 Å². The molecule has 1 aromatic carbocycles. The van der Waals surface area contributed by atoms with Crippen LogP contribution in [0.3, 0.4) is 0 Å². The number of fused-ring (bicyclic) bond motifs is 1. The number of methoxy groups -OCH3 is 1. The highest BCUT2D eigenvalue weighted by atomic mass is 16.5. The van der Waals surface area contributed by atoms with Crippen LogP contribution < -0.4 is 4.74 Å². The van der Waals surface area contributed by atoms with Crippen LogP contribution in [0.15, 0.2) is 36.7 Å². The van der Waals surface area contributed by atoms with E-state index in [4.69, 9.17) is 9.47 Å². The van der Waals surface area contributed by atoms with Crippen LogP contribution in [0.1, 0.15) is 0 Å². The molecule has 0 amide bonds. The molecule has 1 heterocycles. The van der Waals surface area contributed by atoms with Gasteiger partial charge in [-0.25, -0.2) is 0 Å². The molecule has 2 aromatic rings. The van der Waals surface area contributed by atoms with Crippen LogP contribution in [0.25, 0.3) is 10.8 Å². The van der Waals surface area contributed by atoms with E-state index in [9.17, 15) is 0 Å². The minimum atomic E-state index is 0.576. The predicted molar refractivity (Wildman–Crippen MR) is 59.1 cm³/mol. The minimum Gasteiger partial charge on any atom is -0.491 e. The zero-order valence-corrected chi connectivity index (χ0v) is 8.64. The summed E-state index contributed by atoms with van der Waals surface area (Å²) in [4.78, 5) is 4.06. The lowest BCUT2D eigenvalue weighted by Gasteiger charge is -2.06. The zero-order chi connectivity index (χ0) is 10.5. The fourth-order valence-corrected chi connectivity index (χ4v) is 1.39. The maximum absolute atomic E-state index is 5.51. The van der Waals surface area contributed by atoms with E-state index in [0.29, 0.717) is 13.2 Å². The lowest BCUT2D eigenvalue weighted by atomic mass is 10.2. The van der Waals surface area contributed by atoms with Gasteiger partial charge in [-0.3, -0.25) is 4.98 Å². The Labute approximate surface area is 88.7 Å². The van der Waals surface area contributed by atoms with E-state index in [2.05, 4.69) is 4.98 Å². The first kappa shape index (κ1) is 9.93. The van der Waals surface area contributed by atoms with Gasteiger partial charge in [-0.05, 0) is 29.7 Å². The van der Waals surface area contributed by atoms with Crippen molar-refractivity contribution >= 4 is 10.8 Å². The van der Waals surface area contributed by atoms with E-state index in [-0.39, 0.29) is 0 Å². The second-order valence-electron chi connectivity index (χ2n) is 3.23. The molecule has 0 atom stereocenters. The Balaban J connectivity index is 2.16. The van der Waals surface area contributed by atoms with Crippen molar-refractivity contribution in [1.82, 2.24) is 4.98 Å². The summed E-state index contributed by atoms with van der Waals surface area (Å²) in [7, 11) is 1.66. The van der Waals surface area contributed by atoms with Crippen LogP contribution in [0.5, 0.6) is 5.75 Å². The maximum Gasteiger partial charge on any atom is 0.120 e. The lowest BCUT2D eigenvalue weighted by Crippen LogP contribution is -2.03. The first-order valence-corrected chi connectivity index (χ1v) is 4.85. The molecule has 0 spiro atoms. The summed E-state index contributed by atoms with van der Waals surface area (Å²) < 4.78 is 10.4. The molecule has 0 aliphatic carbocycles. The number of ether oxygens (including phenoxy) is 2. The average Bonchev–Trinajstić information content (AvgIpc) is 2.29. The molecule has 0 saturated heterocycles. The van der Waals surface area contributed by atoms with Crippen molar-refractivity contribution in [1.29, 1.82) is 0 Å². The SMILES string of the molecule is COCCOc1ccc2cnccc2c1. The molecular formula is C12H13NO2. The fraction of sp³-hybridized carbons (Fsp3) is 0.250. The highest BCUT2D eigenvalue weighted by Crippen LogP contribution is 2.19. The van der Waals surface area contributed by atoms with Gasteiger partial charge in [-0.15, -0.1) is 0 Å². The molecule has 0 bridgehead atoms. The number of hydrogen-bond acceptors (Lipinski definition) is 3. The Kier molecular flexibility index (Phi) is 3.15. The fourth-order valence-electron chi connectivity index (χ4n) is 1.39. The number of aromatic nitrogens is 1. The first-order chi connectivity index (χ1) is 7.40. The molecule has 1 aromatic heterocycles. The van der Waals surface area contributed by atoms with Gasteiger partial charge in [0, 0.05) is 24.9 Å². The van der Waals surface area contributed by atoms with Gasteiger partial charge in [-0.1, -0.05) is 0 Å². The molecular weight excluding hydrogens is 190 g/mol. The van der Waals surface area contributed by atoms with Crippen molar-refractivity contribution in [3.63, 3.8) is 0 Å². The lowest BCUT2D eigenvalue weighted by molar-refractivity contribution is 0.146. The maximum atomic E-state index is 5.51. The Morgan fingerprint density at radius 2 is 2.07 bits per heavy atom. The highest BCUT2D eigenvalue weighted by molar-refractivity contribution is 5.82. The van der Waals surface area contributed by atoms with E-state index < -0.39 is 0 Å². The summed E-state index contributed by atoms with van der Waals surface area (Å²) >= 11 is 0. The summed E-state index contributed by atoms with van der Waals surface area (Å²) in [5, 5.41) is 2.26. The first-order valence-electron chi connectivity index (χ1n) is 4.85. The van der Waals surface area contributed by atoms with Crippen molar-refractivity contribution in [2.75, 3.05) is 20.3 Å². The Morgan fingerprint density at radius 1 is 1.13 bits per heavy atom. The zero-order valence-electron chi connectivity index (χ0n) is 8.64. The summed E-state index contributed by atoms with van der Waals surface area (Å²) in [6, 6.07) is 7.93. The van der Waals surface area contributed by atoms with Gasteiger partial charge >= 0.3 is 0 Å². The molecule has 0 fully saturated rings. The third kappa shape index (κ3) is 2.44. The molecule has 0 aliphatic heterocycles. The molecule has 0 N–H and O–H groups in total. The summed E-state index contributed by atoms with van der Waals surface area (Å²) in [6.45, 7) is 1.18. The molecule has 3 nitrogen and oxygen atoms in total. The second-order valence-corrected chi connectivity index (χ2v) is 3.23. The van der Waals surface area contributed by atoms with Gasteiger partial charge < -0.3 is 9.47 Å². The van der Waals surface area contributed by atoms with Crippen LogP contribution in [0.2, 0.25) is 0 Å². The summed E-state index contributed by atoms with van der Waals surface area (Å²) in [6.07, 6.45) is 3.62. The van der Waals surface area contributed by atoms with Gasteiger partial charge in [0.25, 0.3) is 0 Å². The third-order valence-corrected chi connectivity index (χ3v) is 2.17. The Morgan fingerprint density at radius 3 is 2.93 bits per heavy atom. The van der Waals surface area contributed by atoms with Crippen LogP contribution in [-0.4, -0.2) is 25.3 Å². The Bertz CT molecular complexity index is 442. The van der Waals surface area contributed by atoms with Crippen molar-refractivity contribution in [3.05, 3.63) is 36.7 Å². The standard InChI is InChI=1S/C12H13NO2/c1-14-6-7-15-12-3-2-11-9-13-5-4-10(11)8-12/h2-5,8-9H,6-7H2,1H3.